The number of carbonyl (C=O) groups excluding carboxylic acids is 1. The zero-order valence-corrected chi connectivity index (χ0v) is 11.5. The minimum Gasteiger partial charge on any atom is -0.426 e. The fourth-order valence-corrected chi connectivity index (χ4v) is 2.52. The monoisotopic (exact) mass is 272 g/mol. The molecule has 1 unspecified atom stereocenters. The van der Waals surface area contributed by atoms with Crippen LogP contribution in [-0.2, 0) is 4.79 Å². The normalized spacial score (nSPS) is 25.5. The molecule has 0 spiro atoms. The minimum absolute atomic E-state index is 0.368. The number of benzene rings is 1. The van der Waals surface area contributed by atoms with Gasteiger partial charge in [-0.2, -0.15) is 0 Å². The largest absolute Gasteiger partial charge is 0.426 e. The Morgan fingerprint density at radius 3 is 2.12 bits per heavy atom. The Morgan fingerprint density at radius 2 is 1.71 bits per heavy atom. The van der Waals surface area contributed by atoms with E-state index in [1.165, 1.54) is 0 Å². The zero-order valence-electron chi connectivity index (χ0n) is 10.0. The smallest absolute Gasteiger partial charge is 0.320 e. The second-order valence-corrected chi connectivity index (χ2v) is 6.41. The van der Waals surface area contributed by atoms with Crippen LogP contribution in [0.4, 0.5) is 0 Å². The predicted octanol–water partition coefficient (Wildman–Crippen LogP) is 3.79. The van der Waals surface area contributed by atoms with Gasteiger partial charge in [-0.05, 0) is 44.0 Å². The summed E-state index contributed by atoms with van der Waals surface area (Å²) in [5.74, 6) is 0.178. The summed E-state index contributed by atoms with van der Waals surface area (Å²) < 4.78 is 4.35. The third kappa shape index (κ3) is 2.29. The van der Waals surface area contributed by atoms with Gasteiger partial charge in [0.05, 0.1) is 0 Å². The highest BCUT2D eigenvalue weighted by Crippen LogP contribution is 2.64. The number of aryl methyl sites for hydroxylation is 2. The highest BCUT2D eigenvalue weighted by molar-refractivity contribution is 6.53. The Morgan fingerprint density at radius 1 is 1.24 bits per heavy atom. The van der Waals surface area contributed by atoms with Crippen LogP contribution < -0.4 is 4.74 Å². The van der Waals surface area contributed by atoms with E-state index in [1.54, 1.807) is 6.92 Å². The van der Waals surface area contributed by atoms with Crippen molar-refractivity contribution in [3.8, 4) is 5.75 Å². The van der Waals surface area contributed by atoms with E-state index in [4.69, 9.17) is 27.9 Å². The van der Waals surface area contributed by atoms with Gasteiger partial charge in [-0.3, -0.25) is 4.79 Å². The molecule has 1 aromatic carbocycles. The van der Waals surface area contributed by atoms with Gasteiger partial charge in [0.1, 0.15) is 15.5 Å². The molecule has 1 atom stereocenters. The Bertz CT molecular complexity index is 462. The summed E-state index contributed by atoms with van der Waals surface area (Å²) in [6.07, 6.45) is 0.437. The molecule has 1 aliphatic rings. The zero-order chi connectivity index (χ0) is 12.8. The van der Waals surface area contributed by atoms with Gasteiger partial charge in [-0.15, -0.1) is 23.2 Å². The molecule has 0 saturated heterocycles. The Balaban J connectivity index is 2.15. The molecule has 0 aliphatic heterocycles. The first-order valence-corrected chi connectivity index (χ1v) is 6.19. The van der Waals surface area contributed by atoms with Gasteiger partial charge in [-0.25, -0.2) is 0 Å². The fourth-order valence-electron chi connectivity index (χ4n) is 1.83. The third-order valence-electron chi connectivity index (χ3n) is 3.11. The molecule has 0 heterocycles. The number of alkyl halides is 2. The molecular formula is C13H14Cl2O2. The quantitative estimate of drug-likeness (QED) is 0.465. The Hall–Kier alpha value is -0.730. The lowest BCUT2D eigenvalue weighted by molar-refractivity contribution is -0.139. The van der Waals surface area contributed by atoms with Crippen molar-refractivity contribution in [2.45, 2.75) is 31.5 Å². The van der Waals surface area contributed by atoms with Crippen LogP contribution in [0, 0.1) is 19.3 Å². The Labute approximate surface area is 111 Å². The predicted molar refractivity (Wildman–Crippen MR) is 68.7 cm³/mol. The molecule has 0 amide bonds. The first-order chi connectivity index (χ1) is 7.74. The number of halogens is 2. The SMILES string of the molecule is Cc1cc(C)cc(OC(=O)C2(C)CC2(Cl)Cl)c1. The van der Waals surface area contributed by atoms with Crippen LogP contribution in [0.2, 0.25) is 0 Å². The summed E-state index contributed by atoms with van der Waals surface area (Å²) in [4.78, 5) is 11.9. The van der Waals surface area contributed by atoms with Crippen LogP contribution in [0.1, 0.15) is 24.5 Å². The van der Waals surface area contributed by atoms with E-state index in [1.807, 2.05) is 32.0 Å². The second-order valence-electron chi connectivity index (χ2n) is 4.93. The van der Waals surface area contributed by atoms with Crippen LogP contribution >= 0.6 is 23.2 Å². The van der Waals surface area contributed by atoms with Gasteiger partial charge < -0.3 is 4.74 Å². The van der Waals surface area contributed by atoms with Gasteiger partial charge in [0.15, 0.2) is 0 Å². The van der Waals surface area contributed by atoms with E-state index in [9.17, 15) is 4.79 Å². The number of rotatable bonds is 2. The van der Waals surface area contributed by atoms with E-state index in [0.717, 1.165) is 11.1 Å². The number of esters is 1. The molecule has 0 radical (unpaired) electrons. The van der Waals surface area contributed by atoms with E-state index < -0.39 is 9.75 Å². The van der Waals surface area contributed by atoms with E-state index in [-0.39, 0.29) is 5.97 Å². The Kier molecular flexibility index (Phi) is 2.91. The summed E-state index contributed by atoms with van der Waals surface area (Å²) in [5, 5.41) is 0. The molecule has 0 N–H and O–H groups in total. The molecule has 2 nitrogen and oxygen atoms in total. The van der Waals surface area contributed by atoms with Crippen LogP contribution in [0.25, 0.3) is 0 Å². The molecule has 0 bridgehead atoms. The van der Waals surface area contributed by atoms with Crippen molar-refractivity contribution in [1.29, 1.82) is 0 Å². The van der Waals surface area contributed by atoms with Gasteiger partial charge in [0, 0.05) is 6.42 Å². The van der Waals surface area contributed by atoms with E-state index in [0.29, 0.717) is 12.2 Å². The molecule has 92 valence electrons. The van der Waals surface area contributed by atoms with E-state index >= 15 is 0 Å². The highest BCUT2D eigenvalue weighted by atomic mass is 35.5. The van der Waals surface area contributed by atoms with E-state index in [2.05, 4.69) is 0 Å². The summed E-state index contributed by atoms with van der Waals surface area (Å²) >= 11 is 11.9. The van der Waals surface area contributed by atoms with Gasteiger partial charge >= 0.3 is 5.97 Å². The molecule has 0 aromatic heterocycles. The molecular weight excluding hydrogens is 259 g/mol. The van der Waals surface area contributed by atoms with Crippen molar-refractivity contribution in [3.05, 3.63) is 29.3 Å². The summed E-state index contributed by atoms with van der Waals surface area (Å²) in [6, 6.07) is 5.66. The van der Waals surface area contributed by atoms with Crippen molar-refractivity contribution < 1.29 is 9.53 Å². The van der Waals surface area contributed by atoms with Crippen molar-refractivity contribution in [2.24, 2.45) is 5.41 Å². The number of hydrogen-bond acceptors (Lipinski definition) is 2. The van der Waals surface area contributed by atoms with Crippen molar-refractivity contribution in [2.75, 3.05) is 0 Å². The lowest BCUT2D eigenvalue weighted by Crippen LogP contribution is -2.23. The highest BCUT2D eigenvalue weighted by Gasteiger charge is 2.69. The molecule has 1 aromatic rings. The number of hydrogen-bond donors (Lipinski definition) is 0. The average molecular weight is 273 g/mol. The minimum atomic E-state index is -0.983. The maximum absolute atomic E-state index is 11.9. The molecule has 2 rings (SSSR count). The maximum Gasteiger partial charge on any atom is 0.320 e. The number of ether oxygens (including phenoxy) is 1. The standard InChI is InChI=1S/C13H14Cl2O2/c1-8-4-9(2)6-10(5-8)17-11(16)12(3)7-13(12,14)15/h4-6H,7H2,1-3H3. The lowest BCUT2D eigenvalue weighted by Gasteiger charge is -2.12. The molecule has 17 heavy (non-hydrogen) atoms. The first-order valence-electron chi connectivity index (χ1n) is 5.43. The molecule has 4 heteroatoms. The summed E-state index contributed by atoms with van der Waals surface area (Å²) in [7, 11) is 0. The molecule has 1 fully saturated rings. The average Bonchev–Trinajstić information content (AvgIpc) is 2.65. The topological polar surface area (TPSA) is 26.3 Å². The third-order valence-corrected chi connectivity index (χ3v) is 4.22. The van der Waals surface area contributed by atoms with Crippen LogP contribution in [0.5, 0.6) is 5.75 Å². The van der Waals surface area contributed by atoms with Crippen LogP contribution in [0.15, 0.2) is 18.2 Å². The number of carbonyl (C=O) groups is 1. The van der Waals surface area contributed by atoms with Crippen LogP contribution in [-0.4, -0.2) is 10.3 Å². The fraction of sp³-hybridized carbons (Fsp3) is 0.462. The molecule has 1 saturated carbocycles. The maximum atomic E-state index is 11.9. The van der Waals surface area contributed by atoms with Crippen molar-refractivity contribution in [1.82, 2.24) is 0 Å². The first kappa shape index (κ1) is 12.7. The second kappa shape index (κ2) is 3.89. The van der Waals surface area contributed by atoms with Gasteiger partial charge in [-0.1, -0.05) is 6.07 Å². The summed E-state index contributed by atoms with van der Waals surface area (Å²) in [6.45, 7) is 5.63. The van der Waals surface area contributed by atoms with Gasteiger partial charge in [0.2, 0.25) is 0 Å². The summed E-state index contributed by atoms with van der Waals surface area (Å²) in [5.41, 5.74) is 1.32. The van der Waals surface area contributed by atoms with Crippen molar-refractivity contribution in [3.63, 3.8) is 0 Å². The van der Waals surface area contributed by atoms with Crippen LogP contribution in [0.3, 0.4) is 0 Å². The lowest BCUT2D eigenvalue weighted by atomic mass is 10.1. The van der Waals surface area contributed by atoms with Gasteiger partial charge in [0.25, 0.3) is 0 Å². The molecule has 1 aliphatic carbocycles. The van der Waals surface area contributed by atoms with Crippen molar-refractivity contribution >= 4 is 29.2 Å².